The maximum Gasteiger partial charge on any atom is 0.201 e. The molecule has 0 spiro atoms. The minimum Gasteiger partial charge on any atom is -0.507 e. The molecular weight excluding hydrogens is 490 g/mol. The highest BCUT2D eigenvalue weighted by molar-refractivity contribution is 6.30. The smallest absolute Gasteiger partial charge is 0.201 e. The van der Waals surface area contributed by atoms with Crippen molar-refractivity contribution in [2.75, 3.05) is 34.9 Å². The summed E-state index contributed by atoms with van der Waals surface area (Å²) in [6.45, 7) is 3.94. The number of unbranched alkanes of at least 4 members (excludes halogenated alkanes) is 11. The molecule has 0 fully saturated rings. The summed E-state index contributed by atoms with van der Waals surface area (Å²) in [5.41, 5.74) is 1.54. The third-order valence-corrected chi connectivity index (χ3v) is 7.88. The molecule has 0 saturated heterocycles. The zero-order valence-electron chi connectivity index (χ0n) is 24.7. The van der Waals surface area contributed by atoms with Gasteiger partial charge in [0.05, 0.1) is 46.0 Å². The Labute approximate surface area is 234 Å². The van der Waals surface area contributed by atoms with Crippen molar-refractivity contribution in [3.63, 3.8) is 0 Å². The molecule has 0 saturated carbocycles. The van der Waals surface area contributed by atoms with Crippen LogP contribution in [0.25, 0.3) is 0 Å². The lowest BCUT2D eigenvalue weighted by Gasteiger charge is -2.30. The van der Waals surface area contributed by atoms with Crippen LogP contribution in [0.2, 0.25) is 0 Å². The van der Waals surface area contributed by atoms with E-state index in [1.54, 1.807) is 24.3 Å². The van der Waals surface area contributed by atoms with E-state index in [2.05, 4.69) is 21.0 Å². The van der Waals surface area contributed by atoms with E-state index in [-0.39, 0.29) is 39.5 Å². The normalized spacial score (nSPS) is 12.8. The fourth-order valence-corrected chi connectivity index (χ4v) is 5.70. The van der Waals surface area contributed by atoms with Gasteiger partial charge in [-0.05, 0) is 31.0 Å². The SMILES string of the molecule is CCCCCCCCCCCCCC[N+](C)(C)Cc1cc(O)c2c(c1)C(=O)c1cc(OC)cc(OC)c1C2=O. The van der Waals surface area contributed by atoms with Crippen LogP contribution in [-0.2, 0) is 6.54 Å². The Hall–Kier alpha value is -2.86. The number of carbonyl (C=O) groups is 2. The van der Waals surface area contributed by atoms with Gasteiger partial charge < -0.3 is 19.1 Å². The fraction of sp³-hybridized carbons (Fsp3) is 0.576. The number of fused-ring (bicyclic) bond motifs is 2. The van der Waals surface area contributed by atoms with E-state index in [1.807, 2.05) is 0 Å². The van der Waals surface area contributed by atoms with Gasteiger partial charge in [-0.2, -0.15) is 0 Å². The highest BCUT2D eigenvalue weighted by Gasteiger charge is 2.36. The van der Waals surface area contributed by atoms with Gasteiger partial charge in [-0.15, -0.1) is 0 Å². The van der Waals surface area contributed by atoms with Gasteiger partial charge in [-0.3, -0.25) is 9.59 Å². The molecule has 1 aliphatic rings. The topological polar surface area (TPSA) is 72.8 Å². The minimum absolute atomic E-state index is 0.0472. The summed E-state index contributed by atoms with van der Waals surface area (Å²) in [7, 11) is 7.30. The summed E-state index contributed by atoms with van der Waals surface area (Å²) in [6, 6.07) is 6.55. The van der Waals surface area contributed by atoms with Crippen LogP contribution >= 0.6 is 0 Å². The Bertz CT molecular complexity index is 1140. The summed E-state index contributed by atoms with van der Waals surface area (Å²) < 4.78 is 11.4. The van der Waals surface area contributed by atoms with E-state index < -0.39 is 5.78 Å². The highest BCUT2D eigenvalue weighted by atomic mass is 16.5. The van der Waals surface area contributed by atoms with Crippen molar-refractivity contribution in [1.29, 1.82) is 0 Å². The molecule has 39 heavy (non-hydrogen) atoms. The number of quaternary nitrogens is 1. The number of hydrogen-bond acceptors (Lipinski definition) is 5. The Balaban J connectivity index is 1.55. The third-order valence-electron chi connectivity index (χ3n) is 7.88. The molecule has 0 atom stereocenters. The van der Waals surface area contributed by atoms with E-state index >= 15 is 0 Å². The predicted molar refractivity (Wildman–Crippen MR) is 156 cm³/mol. The zero-order chi connectivity index (χ0) is 28.4. The van der Waals surface area contributed by atoms with Crippen LogP contribution in [0.4, 0.5) is 0 Å². The second-order valence-electron chi connectivity index (χ2n) is 11.7. The average Bonchev–Trinajstić information content (AvgIpc) is 2.90. The number of carbonyl (C=O) groups excluding carboxylic acids is 2. The molecule has 2 aromatic carbocycles. The number of nitrogens with zero attached hydrogens (tertiary/aromatic N) is 1. The first-order valence-electron chi connectivity index (χ1n) is 14.8. The first-order chi connectivity index (χ1) is 18.7. The monoisotopic (exact) mass is 538 g/mol. The molecule has 1 aliphatic carbocycles. The fourth-order valence-electron chi connectivity index (χ4n) is 5.70. The molecule has 0 aromatic heterocycles. The third kappa shape index (κ3) is 8.07. The molecule has 0 bridgehead atoms. The highest BCUT2D eigenvalue weighted by Crippen LogP contribution is 2.40. The number of ketones is 2. The van der Waals surface area contributed by atoms with Crippen LogP contribution in [0, 0.1) is 0 Å². The second kappa shape index (κ2) is 14.5. The number of rotatable bonds is 17. The minimum atomic E-state index is -0.409. The lowest BCUT2D eigenvalue weighted by atomic mass is 9.82. The Kier molecular flexibility index (Phi) is 11.4. The number of phenolic OH excluding ortho intramolecular Hbond substituents is 1. The van der Waals surface area contributed by atoms with Crippen LogP contribution < -0.4 is 9.47 Å². The number of hydrogen-bond donors (Lipinski definition) is 1. The van der Waals surface area contributed by atoms with E-state index in [0.29, 0.717) is 12.3 Å². The summed E-state index contributed by atoms with van der Waals surface area (Å²) >= 11 is 0. The lowest BCUT2D eigenvalue weighted by molar-refractivity contribution is -0.903. The Morgan fingerprint density at radius 1 is 0.692 bits per heavy atom. The molecule has 3 rings (SSSR count). The molecule has 1 N–H and O–H groups in total. The van der Waals surface area contributed by atoms with Crippen molar-refractivity contribution in [2.45, 2.75) is 90.5 Å². The predicted octanol–water partition coefficient (Wildman–Crippen LogP) is 7.46. The molecule has 0 heterocycles. The maximum atomic E-state index is 13.5. The first-order valence-corrected chi connectivity index (χ1v) is 14.8. The van der Waals surface area contributed by atoms with E-state index in [9.17, 15) is 14.7 Å². The van der Waals surface area contributed by atoms with Crippen molar-refractivity contribution in [3.8, 4) is 17.2 Å². The van der Waals surface area contributed by atoms with Crippen LogP contribution in [0.5, 0.6) is 17.2 Å². The van der Waals surface area contributed by atoms with E-state index in [1.165, 1.54) is 84.8 Å². The molecule has 0 unspecified atom stereocenters. The standard InChI is InChI=1S/C33H47NO5/c1-6-7-8-9-10-11-12-13-14-15-16-17-18-34(2,3)23-24-19-26-30(28(35)20-24)33(37)31-27(32(26)36)21-25(38-4)22-29(31)39-5/h19-22H,6-18,23H2,1-5H3/p+1. The van der Waals surface area contributed by atoms with Crippen LogP contribution in [0.3, 0.4) is 0 Å². The van der Waals surface area contributed by atoms with Gasteiger partial charge in [0.1, 0.15) is 23.8 Å². The number of methoxy groups -OCH3 is 2. The van der Waals surface area contributed by atoms with Gasteiger partial charge in [-0.25, -0.2) is 0 Å². The van der Waals surface area contributed by atoms with Crippen molar-refractivity contribution < 1.29 is 28.7 Å². The number of benzene rings is 2. The van der Waals surface area contributed by atoms with Gasteiger partial charge in [0, 0.05) is 22.8 Å². The maximum absolute atomic E-state index is 13.5. The Morgan fingerprint density at radius 2 is 1.26 bits per heavy atom. The molecule has 6 heteroatoms. The van der Waals surface area contributed by atoms with Gasteiger partial charge in [-0.1, -0.05) is 71.1 Å². The molecular formula is C33H48NO5+. The molecule has 6 nitrogen and oxygen atoms in total. The zero-order valence-corrected chi connectivity index (χ0v) is 24.7. The van der Waals surface area contributed by atoms with Gasteiger partial charge in [0.15, 0.2) is 5.78 Å². The molecule has 0 aliphatic heterocycles. The number of ether oxygens (including phenoxy) is 2. The van der Waals surface area contributed by atoms with Crippen LogP contribution in [0.1, 0.15) is 121 Å². The summed E-state index contributed by atoms with van der Waals surface area (Å²) in [5, 5.41) is 10.9. The molecule has 214 valence electrons. The van der Waals surface area contributed by atoms with Crippen molar-refractivity contribution in [3.05, 3.63) is 52.1 Å². The van der Waals surface area contributed by atoms with Crippen molar-refractivity contribution >= 4 is 11.6 Å². The number of aromatic hydroxyl groups is 1. The van der Waals surface area contributed by atoms with Crippen molar-refractivity contribution in [2.24, 2.45) is 0 Å². The van der Waals surface area contributed by atoms with Gasteiger partial charge in [0.2, 0.25) is 5.78 Å². The summed E-state index contributed by atoms with van der Waals surface area (Å²) in [6.07, 6.45) is 15.9. The van der Waals surface area contributed by atoms with Gasteiger partial charge >= 0.3 is 0 Å². The molecule has 0 radical (unpaired) electrons. The van der Waals surface area contributed by atoms with Crippen molar-refractivity contribution in [1.82, 2.24) is 0 Å². The summed E-state index contributed by atoms with van der Waals surface area (Å²) in [4.78, 5) is 26.8. The quantitative estimate of drug-likeness (QED) is 0.143. The number of phenols is 1. The lowest BCUT2D eigenvalue weighted by Crippen LogP contribution is -2.39. The first kappa shape index (κ1) is 30.7. The molecule has 2 aromatic rings. The van der Waals surface area contributed by atoms with E-state index in [4.69, 9.17) is 9.47 Å². The van der Waals surface area contributed by atoms with Crippen LogP contribution in [0.15, 0.2) is 24.3 Å². The molecule has 0 amide bonds. The average molecular weight is 539 g/mol. The Morgan fingerprint density at radius 3 is 1.82 bits per heavy atom. The summed E-state index contributed by atoms with van der Waals surface area (Å²) in [5.74, 6) is -0.170. The largest absolute Gasteiger partial charge is 0.507 e. The van der Waals surface area contributed by atoms with Crippen LogP contribution in [-0.4, -0.2) is 56.0 Å². The van der Waals surface area contributed by atoms with Gasteiger partial charge in [0.25, 0.3) is 0 Å². The second-order valence-corrected chi connectivity index (χ2v) is 11.7. The van der Waals surface area contributed by atoms with E-state index in [0.717, 1.165) is 23.0 Å².